The largest absolute Gasteiger partial charge is 0.495 e. The fourth-order valence-corrected chi connectivity index (χ4v) is 2.64. The summed E-state index contributed by atoms with van der Waals surface area (Å²) in [6.45, 7) is 6.36. The first-order valence-electron chi connectivity index (χ1n) is 7.10. The highest BCUT2D eigenvalue weighted by Gasteiger charge is 2.24. The van der Waals surface area contributed by atoms with Crippen LogP contribution in [0.15, 0.2) is 18.2 Å². The standard InChI is InChI=1S/C15H22ClN3O2/c1-10-8-19(11(2)7-17-10)9-15(20)18-13-6-12(16)4-5-14(13)21-3/h4-6,10-11,17H,7-9H2,1-3H3,(H,18,20). The van der Waals surface area contributed by atoms with Gasteiger partial charge in [-0.25, -0.2) is 0 Å². The second-order valence-electron chi connectivity index (χ2n) is 5.48. The van der Waals surface area contributed by atoms with E-state index in [1.54, 1.807) is 25.3 Å². The monoisotopic (exact) mass is 311 g/mol. The van der Waals surface area contributed by atoms with Gasteiger partial charge in [0.05, 0.1) is 19.3 Å². The summed E-state index contributed by atoms with van der Waals surface area (Å²) in [5.74, 6) is 0.547. The van der Waals surface area contributed by atoms with Gasteiger partial charge < -0.3 is 15.4 Å². The molecule has 6 heteroatoms. The van der Waals surface area contributed by atoms with E-state index in [1.165, 1.54) is 0 Å². The maximum absolute atomic E-state index is 12.2. The first-order valence-corrected chi connectivity index (χ1v) is 7.48. The summed E-state index contributed by atoms with van der Waals surface area (Å²) < 4.78 is 5.23. The summed E-state index contributed by atoms with van der Waals surface area (Å²) >= 11 is 5.97. The molecule has 1 aliphatic rings. The number of carbonyl (C=O) groups is 1. The minimum Gasteiger partial charge on any atom is -0.495 e. The number of rotatable bonds is 4. The Morgan fingerprint density at radius 1 is 1.52 bits per heavy atom. The number of hydrogen-bond donors (Lipinski definition) is 2. The lowest BCUT2D eigenvalue weighted by Crippen LogP contribution is -2.55. The highest BCUT2D eigenvalue weighted by Crippen LogP contribution is 2.27. The zero-order valence-corrected chi connectivity index (χ0v) is 13.4. The van der Waals surface area contributed by atoms with Gasteiger partial charge in [-0.05, 0) is 32.0 Å². The van der Waals surface area contributed by atoms with Crippen LogP contribution in [0.2, 0.25) is 5.02 Å². The van der Waals surface area contributed by atoms with Crippen molar-refractivity contribution in [2.75, 3.05) is 32.1 Å². The fourth-order valence-electron chi connectivity index (χ4n) is 2.47. The minimum atomic E-state index is -0.0588. The van der Waals surface area contributed by atoms with E-state index in [-0.39, 0.29) is 5.91 Å². The molecule has 21 heavy (non-hydrogen) atoms. The van der Waals surface area contributed by atoms with Crippen LogP contribution in [0, 0.1) is 0 Å². The molecule has 0 bridgehead atoms. The number of hydrogen-bond acceptors (Lipinski definition) is 4. The van der Waals surface area contributed by atoms with E-state index in [2.05, 4.69) is 29.4 Å². The van der Waals surface area contributed by atoms with Crippen molar-refractivity contribution in [2.45, 2.75) is 25.9 Å². The van der Waals surface area contributed by atoms with Crippen molar-refractivity contribution >= 4 is 23.2 Å². The summed E-state index contributed by atoms with van der Waals surface area (Å²) in [6, 6.07) is 5.91. The molecule has 2 atom stereocenters. The number of anilines is 1. The van der Waals surface area contributed by atoms with Crippen molar-refractivity contribution in [1.82, 2.24) is 10.2 Å². The van der Waals surface area contributed by atoms with Gasteiger partial charge >= 0.3 is 0 Å². The van der Waals surface area contributed by atoms with Crippen LogP contribution in [0.4, 0.5) is 5.69 Å². The number of piperazine rings is 1. The van der Waals surface area contributed by atoms with Gasteiger partial charge in [-0.1, -0.05) is 11.6 Å². The summed E-state index contributed by atoms with van der Waals surface area (Å²) in [5, 5.41) is 6.84. The quantitative estimate of drug-likeness (QED) is 0.892. The molecule has 116 valence electrons. The lowest BCUT2D eigenvalue weighted by molar-refractivity contribution is -0.118. The van der Waals surface area contributed by atoms with Crippen LogP contribution in [-0.2, 0) is 4.79 Å². The number of methoxy groups -OCH3 is 1. The maximum atomic E-state index is 12.2. The van der Waals surface area contributed by atoms with E-state index < -0.39 is 0 Å². The normalized spacial score (nSPS) is 22.9. The van der Waals surface area contributed by atoms with E-state index in [0.717, 1.165) is 13.1 Å². The maximum Gasteiger partial charge on any atom is 0.238 e. The molecule has 0 saturated carbocycles. The van der Waals surface area contributed by atoms with Crippen molar-refractivity contribution in [3.63, 3.8) is 0 Å². The molecule has 2 rings (SSSR count). The third kappa shape index (κ3) is 4.33. The average molecular weight is 312 g/mol. The summed E-state index contributed by atoms with van der Waals surface area (Å²) in [7, 11) is 1.57. The second-order valence-corrected chi connectivity index (χ2v) is 5.92. The van der Waals surface area contributed by atoms with Crippen molar-refractivity contribution in [2.24, 2.45) is 0 Å². The van der Waals surface area contributed by atoms with E-state index >= 15 is 0 Å². The smallest absolute Gasteiger partial charge is 0.238 e. The van der Waals surface area contributed by atoms with E-state index in [4.69, 9.17) is 16.3 Å². The van der Waals surface area contributed by atoms with Gasteiger partial charge in [-0.15, -0.1) is 0 Å². The summed E-state index contributed by atoms with van der Waals surface area (Å²) in [6.07, 6.45) is 0. The van der Waals surface area contributed by atoms with Gasteiger partial charge in [-0.2, -0.15) is 0 Å². The van der Waals surface area contributed by atoms with Gasteiger partial charge in [0.1, 0.15) is 5.75 Å². The summed E-state index contributed by atoms with van der Waals surface area (Å²) in [4.78, 5) is 14.4. The van der Waals surface area contributed by atoms with Crippen LogP contribution in [0.5, 0.6) is 5.75 Å². The van der Waals surface area contributed by atoms with Crippen LogP contribution in [0.3, 0.4) is 0 Å². The number of halogens is 1. The predicted molar refractivity (Wildman–Crippen MR) is 85.1 cm³/mol. The van der Waals surface area contributed by atoms with Crippen molar-refractivity contribution in [3.05, 3.63) is 23.2 Å². The lowest BCUT2D eigenvalue weighted by Gasteiger charge is -2.36. The van der Waals surface area contributed by atoms with Gasteiger partial charge in [0, 0.05) is 30.2 Å². The molecule has 0 aromatic heterocycles. The molecule has 1 aliphatic heterocycles. The number of nitrogens with one attached hydrogen (secondary N) is 2. The molecule has 2 N–H and O–H groups in total. The molecule has 1 saturated heterocycles. The molecule has 2 unspecified atom stereocenters. The Labute approximate surface area is 130 Å². The average Bonchev–Trinajstić information content (AvgIpc) is 2.43. The highest BCUT2D eigenvalue weighted by molar-refractivity contribution is 6.31. The second kappa shape index (κ2) is 7.11. The number of carbonyl (C=O) groups excluding carboxylic acids is 1. The van der Waals surface area contributed by atoms with E-state index in [0.29, 0.717) is 35.1 Å². The SMILES string of the molecule is COc1ccc(Cl)cc1NC(=O)CN1CC(C)NCC1C. The van der Waals surface area contributed by atoms with Gasteiger partial charge in [0.2, 0.25) is 5.91 Å². The van der Waals surface area contributed by atoms with E-state index in [9.17, 15) is 4.79 Å². The van der Waals surface area contributed by atoms with Gasteiger partial charge in [0.15, 0.2) is 0 Å². The Balaban J connectivity index is 2.00. The van der Waals surface area contributed by atoms with Crippen LogP contribution in [0.25, 0.3) is 0 Å². The Morgan fingerprint density at radius 2 is 2.29 bits per heavy atom. The number of benzene rings is 1. The molecule has 1 fully saturated rings. The fraction of sp³-hybridized carbons (Fsp3) is 0.533. The molecule has 1 aromatic rings. The van der Waals surface area contributed by atoms with Crippen LogP contribution >= 0.6 is 11.6 Å². The molecular formula is C15H22ClN3O2. The van der Waals surface area contributed by atoms with Crippen molar-refractivity contribution in [1.29, 1.82) is 0 Å². The molecule has 0 aliphatic carbocycles. The minimum absolute atomic E-state index is 0.0588. The Kier molecular flexibility index (Phi) is 5.45. The molecule has 1 heterocycles. The van der Waals surface area contributed by atoms with Crippen LogP contribution < -0.4 is 15.4 Å². The topological polar surface area (TPSA) is 53.6 Å². The number of ether oxygens (including phenoxy) is 1. The molecule has 0 spiro atoms. The first kappa shape index (κ1) is 16.1. The predicted octanol–water partition coefficient (Wildman–Crippen LogP) is 1.97. The van der Waals surface area contributed by atoms with Gasteiger partial charge in [-0.3, -0.25) is 9.69 Å². The number of amides is 1. The zero-order valence-electron chi connectivity index (χ0n) is 12.6. The number of nitrogens with zero attached hydrogens (tertiary/aromatic N) is 1. The molecule has 0 radical (unpaired) electrons. The highest BCUT2D eigenvalue weighted by atomic mass is 35.5. The first-order chi connectivity index (χ1) is 9.99. The third-order valence-corrected chi connectivity index (χ3v) is 3.91. The van der Waals surface area contributed by atoms with Crippen LogP contribution in [0.1, 0.15) is 13.8 Å². The lowest BCUT2D eigenvalue weighted by atomic mass is 10.1. The molecular weight excluding hydrogens is 290 g/mol. The Morgan fingerprint density at radius 3 is 3.00 bits per heavy atom. The Hall–Kier alpha value is -1.30. The van der Waals surface area contributed by atoms with E-state index in [1.807, 2.05) is 0 Å². The molecule has 1 aromatic carbocycles. The van der Waals surface area contributed by atoms with Gasteiger partial charge in [0.25, 0.3) is 0 Å². The Bertz CT molecular complexity index is 510. The third-order valence-electron chi connectivity index (χ3n) is 3.68. The molecule has 5 nitrogen and oxygen atoms in total. The summed E-state index contributed by atoms with van der Waals surface area (Å²) in [5.41, 5.74) is 0.603. The zero-order chi connectivity index (χ0) is 15.4. The van der Waals surface area contributed by atoms with Crippen LogP contribution in [-0.4, -0.2) is 49.6 Å². The van der Waals surface area contributed by atoms with Crippen molar-refractivity contribution in [3.8, 4) is 5.75 Å². The molecule has 1 amide bonds. The van der Waals surface area contributed by atoms with Crippen molar-refractivity contribution < 1.29 is 9.53 Å².